The van der Waals surface area contributed by atoms with E-state index in [0.717, 1.165) is 37.2 Å². The van der Waals surface area contributed by atoms with E-state index in [1.165, 1.54) is 0 Å². The summed E-state index contributed by atoms with van der Waals surface area (Å²) in [4.78, 5) is 2.37. The third-order valence-electron chi connectivity index (χ3n) is 3.58. The SMILES string of the molecule is CCCN1CCOC(C(O)c2ccccc2C)C1. The molecule has 100 valence electrons. The zero-order valence-electron chi connectivity index (χ0n) is 11.3. The molecule has 1 aliphatic heterocycles. The molecule has 1 heterocycles. The van der Waals surface area contributed by atoms with E-state index in [9.17, 15) is 5.11 Å². The molecule has 2 unspecified atom stereocenters. The summed E-state index contributed by atoms with van der Waals surface area (Å²) in [6.45, 7) is 7.82. The van der Waals surface area contributed by atoms with Gasteiger partial charge >= 0.3 is 0 Å². The Balaban J connectivity index is 2.04. The fourth-order valence-electron chi connectivity index (χ4n) is 2.56. The van der Waals surface area contributed by atoms with Gasteiger partial charge < -0.3 is 9.84 Å². The van der Waals surface area contributed by atoms with E-state index in [2.05, 4.69) is 11.8 Å². The minimum Gasteiger partial charge on any atom is -0.386 e. The first-order chi connectivity index (χ1) is 8.72. The second kappa shape index (κ2) is 6.32. The Hall–Kier alpha value is -0.900. The van der Waals surface area contributed by atoms with Crippen LogP contribution in [0.3, 0.4) is 0 Å². The molecular weight excluding hydrogens is 226 g/mol. The van der Waals surface area contributed by atoms with Crippen LogP contribution in [0, 0.1) is 6.92 Å². The fraction of sp³-hybridized carbons (Fsp3) is 0.600. The van der Waals surface area contributed by atoms with Gasteiger partial charge in [-0.3, -0.25) is 4.90 Å². The molecule has 0 aromatic heterocycles. The van der Waals surface area contributed by atoms with Crippen LogP contribution in [-0.2, 0) is 4.74 Å². The lowest BCUT2D eigenvalue weighted by Gasteiger charge is -2.35. The summed E-state index contributed by atoms with van der Waals surface area (Å²) >= 11 is 0. The van der Waals surface area contributed by atoms with Gasteiger partial charge in [0, 0.05) is 13.1 Å². The van der Waals surface area contributed by atoms with Crippen molar-refractivity contribution < 1.29 is 9.84 Å². The quantitative estimate of drug-likeness (QED) is 0.887. The molecule has 2 rings (SSSR count). The van der Waals surface area contributed by atoms with Crippen LogP contribution in [0.4, 0.5) is 0 Å². The number of rotatable bonds is 4. The topological polar surface area (TPSA) is 32.7 Å². The van der Waals surface area contributed by atoms with Gasteiger partial charge in [0.2, 0.25) is 0 Å². The van der Waals surface area contributed by atoms with Gasteiger partial charge in [-0.2, -0.15) is 0 Å². The van der Waals surface area contributed by atoms with Gasteiger partial charge in [0.05, 0.1) is 6.61 Å². The molecule has 2 atom stereocenters. The first-order valence-corrected chi connectivity index (χ1v) is 6.80. The second-order valence-electron chi connectivity index (χ2n) is 5.01. The first-order valence-electron chi connectivity index (χ1n) is 6.80. The Kier molecular flexibility index (Phi) is 4.75. The fourth-order valence-corrected chi connectivity index (χ4v) is 2.56. The van der Waals surface area contributed by atoms with Crippen molar-refractivity contribution in [2.45, 2.75) is 32.5 Å². The smallest absolute Gasteiger partial charge is 0.107 e. The lowest BCUT2D eigenvalue weighted by molar-refractivity contribution is -0.0900. The molecule has 0 amide bonds. The zero-order chi connectivity index (χ0) is 13.0. The molecule has 1 saturated heterocycles. The van der Waals surface area contributed by atoms with Crippen LogP contribution in [0.2, 0.25) is 0 Å². The maximum atomic E-state index is 10.5. The molecule has 18 heavy (non-hydrogen) atoms. The summed E-state index contributed by atoms with van der Waals surface area (Å²) in [5.41, 5.74) is 2.11. The molecule has 1 N–H and O–H groups in total. The number of morpholine rings is 1. The van der Waals surface area contributed by atoms with Gasteiger partial charge in [-0.05, 0) is 31.0 Å². The maximum absolute atomic E-state index is 10.5. The molecule has 0 spiro atoms. The van der Waals surface area contributed by atoms with E-state index >= 15 is 0 Å². The van der Waals surface area contributed by atoms with E-state index in [0.29, 0.717) is 6.61 Å². The average Bonchev–Trinajstić information content (AvgIpc) is 2.39. The number of hydrogen-bond donors (Lipinski definition) is 1. The Bertz CT molecular complexity index is 379. The highest BCUT2D eigenvalue weighted by Gasteiger charge is 2.28. The van der Waals surface area contributed by atoms with Crippen molar-refractivity contribution in [2.24, 2.45) is 0 Å². The minimum absolute atomic E-state index is 0.105. The first kappa shape index (κ1) is 13.5. The Morgan fingerprint density at radius 3 is 2.94 bits per heavy atom. The largest absolute Gasteiger partial charge is 0.386 e. The Labute approximate surface area is 109 Å². The lowest BCUT2D eigenvalue weighted by atomic mass is 9.98. The van der Waals surface area contributed by atoms with Crippen molar-refractivity contribution in [3.8, 4) is 0 Å². The summed E-state index contributed by atoms with van der Waals surface area (Å²) in [6.07, 6.45) is 0.518. The van der Waals surface area contributed by atoms with Gasteiger partial charge in [-0.25, -0.2) is 0 Å². The predicted octanol–water partition coefficient (Wildman–Crippen LogP) is 2.14. The van der Waals surface area contributed by atoms with Gasteiger partial charge in [0.25, 0.3) is 0 Å². The van der Waals surface area contributed by atoms with Crippen LogP contribution in [0.25, 0.3) is 0 Å². The highest BCUT2D eigenvalue weighted by Crippen LogP contribution is 2.24. The molecular formula is C15H23NO2. The van der Waals surface area contributed by atoms with E-state index in [-0.39, 0.29) is 6.10 Å². The summed E-state index contributed by atoms with van der Waals surface area (Å²) in [7, 11) is 0. The van der Waals surface area contributed by atoms with Crippen LogP contribution in [0.5, 0.6) is 0 Å². The molecule has 1 aromatic rings. The highest BCUT2D eigenvalue weighted by molar-refractivity contribution is 5.28. The zero-order valence-corrected chi connectivity index (χ0v) is 11.3. The predicted molar refractivity (Wildman–Crippen MR) is 72.6 cm³/mol. The van der Waals surface area contributed by atoms with Gasteiger partial charge in [-0.15, -0.1) is 0 Å². The molecule has 0 bridgehead atoms. The van der Waals surface area contributed by atoms with Crippen molar-refractivity contribution in [3.63, 3.8) is 0 Å². The van der Waals surface area contributed by atoms with E-state index in [1.807, 2.05) is 31.2 Å². The second-order valence-corrected chi connectivity index (χ2v) is 5.01. The van der Waals surface area contributed by atoms with Crippen molar-refractivity contribution >= 4 is 0 Å². The molecule has 0 aliphatic carbocycles. The molecule has 1 fully saturated rings. The Morgan fingerprint density at radius 1 is 1.44 bits per heavy atom. The molecule has 0 saturated carbocycles. The lowest BCUT2D eigenvalue weighted by Crippen LogP contribution is -2.45. The van der Waals surface area contributed by atoms with Crippen LogP contribution in [-0.4, -0.2) is 42.4 Å². The normalized spacial score (nSPS) is 22.9. The Morgan fingerprint density at radius 2 is 2.22 bits per heavy atom. The third kappa shape index (κ3) is 3.10. The van der Waals surface area contributed by atoms with Gasteiger partial charge in [-0.1, -0.05) is 31.2 Å². The van der Waals surface area contributed by atoms with Crippen molar-refractivity contribution in [1.29, 1.82) is 0 Å². The van der Waals surface area contributed by atoms with Crippen molar-refractivity contribution in [2.75, 3.05) is 26.2 Å². The van der Waals surface area contributed by atoms with Gasteiger partial charge in [0.1, 0.15) is 12.2 Å². The molecule has 3 heteroatoms. The minimum atomic E-state index is -0.522. The summed E-state index contributed by atoms with van der Waals surface area (Å²) in [5, 5.41) is 10.5. The van der Waals surface area contributed by atoms with E-state index in [4.69, 9.17) is 4.74 Å². The van der Waals surface area contributed by atoms with Crippen LogP contribution in [0.1, 0.15) is 30.6 Å². The summed E-state index contributed by atoms with van der Waals surface area (Å²) < 4.78 is 5.73. The van der Waals surface area contributed by atoms with Crippen LogP contribution in [0.15, 0.2) is 24.3 Å². The number of aryl methyl sites for hydroxylation is 1. The highest BCUT2D eigenvalue weighted by atomic mass is 16.5. The summed E-state index contributed by atoms with van der Waals surface area (Å²) in [5.74, 6) is 0. The van der Waals surface area contributed by atoms with Crippen LogP contribution < -0.4 is 0 Å². The molecule has 1 aromatic carbocycles. The summed E-state index contributed by atoms with van der Waals surface area (Å²) in [6, 6.07) is 7.99. The third-order valence-corrected chi connectivity index (χ3v) is 3.58. The van der Waals surface area contributed by atoms with Crippen molar-refractivity contribution in [3.05, 3.63) is 35.4 Å². The molecule has 0 radical (unpaired) electrons. The number of ether oxygens (including phenoxy) is 1. The van der Waals surface area contributed by atoms with E-state index in [1.54, 1.807) is 0 Å². The average molecular weight is 249 g/mol. The standard InChI is InChI=1S/C15H23NO2/c1-3-8-16-9-10-18-14(11-16)15(17)13-7-5-4-6-12(13)2/h4-7,14-15,17H,3,8-11H2,1-2H3. The van der Waals surface area contributed by atoms with E-state index < -0.39 is 6.10 Å². The molecule has 3 nitrogen and oxygen atoms in total. The molecule has 1 aliphatic rings. The maximum Gasteiger partial charge on any atom is 0.107 e. The number of hydrogen-bond acceptors (Lipinski definition) is 3. The van der Waals surface area contributed by atoms with Crippen LogP contribution >= 0.6 is 0 Å². The monoisotopic (exact) mass is 249 g/mol. The number of nitrogens with zero attached hydrogens (tertiary/aromatic N) is 1. The number of aliphatic hydroxyl groups excluding tert-OH is 1. The van der Waals surface area contributed by atoms with Crippen molar-refractivity contribution in [1.82, 2.24) is 4.90 Å². The number of aliphatic hydroxyl groups is 1. The van der Waals surface area contributed by atoms with Gasteiger partial charge in [0.15, 0.2) is 0 Å². The number of benzene rings is 1.